The molecule has 3 aliphatic rings. The van der Waals surface area contributed by atoms with E-state index in [4.69, 9.17) is 9.73 Å². The highest BCUT2D eigenvalue weighted by atomic mass is 19.4. The third-order valence-electron chi connectivity index (χ3n) is 7.44. The van der Waals surface area contributed by atoms with Crippen LogP contribution in [0, 0.1) is 5.82 Å². The van der Waals surface area contributed by atoms with Crippen molar-refractivity contribution >= 4 is 30.0 Å². The number of ether oxygens (including phenoxy) is 1. The Hall–Kier alpha value is -3.03. The monoisotopic (exact) mass is 534 g/mol. The fourth-order valence-corrected chi connectivity index (χ4v) is 5.37. The van der Waals surface area contributed by atoms with Gasteiger partial charge in [-0.05, 0) is 55.9 Å². The number of amides is 1. The summed E-state index contributed by atoms with van der Waals surface area (Å²) in [7, 11) is -0.436. The van der Waals surface area contributed by atoms with Gasteiger partial charge in [0.2, 0.25) is 0 Å². The molecule has 2 fully saturated rings. The number of hydrogen-bond donors (Lipinski definition) is 3. The molecule has 1 aliphatic carbocycles. The molecular weight excluding hydrogens is 507 g/mol. The average molecular weight is 534 g/mol. The maximum Gasteiger partial charge on any atom is 0.488 e. The number of aromatic nitrogens is 1. The smallest absolute Gasteiger partial charge is 0.423 e. The number of piperidine rings is 1. The molecule has 1 saturated carbocycles. The van der Waals surface area contributed by atoms with Crippen molar-refractivity contribution in [1.82, 2.24) is 10.3 Å². The van der Waals surface area contributed by atoms with E-state index in [2.05, 4.69) is 10.3 Å². The number of methoxy groups -OCH3 is 1. The van der Waals surface area contributed by atoms with Gasteiger partial charge in [-0.3, -0.25) is 9.79 Å². The summed E-state index contributed by atoms with van der Waals surface area (Å²) in [6, 6.07) is 4.46. The first-order valence-corrected chi connectivity index (χ1v) is 12.4. The van der Waals surface area contributed by atoms with Gasteiger partial charge in [0, 0.05) is 48.8 Å². The predicted molar refractivity (Wildman–Crippen MR) is 132 cm³/mol. The van der Waals surface area contributed by atoms with Crippen molar-refractivity contribution in [2.45, 2.75) is 62.9 Å². The number of alkyl halides is 3. The van der Waals surface area contributed by atoms with Gasteiger partial charge in [0.15, 0.2) is 0 Å². The molecule has 5 rings (SSSR count). The van der Waals surface area contributed by atoms with Gasteiger partial charge in [-0.25, -0.2) is 9.37 Å². The minimum Gasteiger partial charge on any atom is -0.423 e. The maximum atomic E-state index is 14.9. The third kappa shape index (κ3) is 4.78. The van der Waals surface area contributed by atoms with Crippen LogP contribution in [0.2, 0.25) is 0 Å². The summed E-state index contributed by atoms with van der Waals surface area (Å²) in [4.78, 5) is 23.7. The van der Waals surface area contributed by atoms with E-state index >= 15 is 0 Å². The van der Waals surface area contributed by atoms with E-state index in [1.165, 1.54) is 19.2 Å². The van der Waals surface area contributed by atoms with E-state index in [1.807, 2.05) is 11.8 Å². The van der Waals surface area contributed by atoms with Gasteiger partial charge in [0.05, 0.1) is 12.3 Å². The van der Waals surface area contributed by atoms with Gasteiger partial charge in [0.25, 0.3) is 5.91 Å². The molecule has 0 bridgehead atoms. The number of carbonyl (C=O) groups is 1. The zero-order valence-corrected chi connectivity index (χ0v) is 20.8. The Balaban J connectivity index is 1.46. The number of aliphatic imine (C=N–C) groups is 1. The van der Waals surface area contributed by atoms with Crippen LogP contribution in [-0.4, -0.2) is 59.1 Å². The van der Waals surface area contributed by atoms with Gasteiger partial charge in [-0.1, -0.05) is 0 Å². The molecular formula is C25H27BF4N4O4. The summed E-state index contributed by atoms with van der Waals surface area (Å²) in [5.41, 5.74) is -0.740. The van der Waals surface area contributed by atoms with Crippen LogP contribution >= 0.6 is 0 Å². The second kappa shape index (κ2) is 9.62. The number of rotatable bonds is 6. The number of hydrogen-bond acceptors (Lipinski definition) is 7. The first-order valence-electron chi connectivity index (χ1n) is 12.4. The molecule has 3 heterocycles. The molecule has 202 valence electrons. The number of anilines is 1. The lowest BCUT2D eigenvalue weighted by Crippen LogP contribution is -2.53. The fourth-order valence-electron chi connectivity index (χ4n) is 5.37. The molecule has 8 nitrogen and oxygen atoms in total. The molecule has 1 aromatic carbocycles. The van der Waals surface area contributed by atoms with Crippen LogP contribution in [0.15, 0.2) is 29.3 Å². The van der Waals surface area contributed by atoms with Gasteiger partial charge < -0.3 is 25.0 Å². The number of benzene rings is 1. The van der Waals surface area contributed by atoms with Crippen LogP contribution in [-0.2, 0) is 22.3 Å². The molecule has 0 unspecified atom stereocenters. The first-order chi connectivity index (χ1) is 17.9. The highest BCUT2D eigenvalue weighted by Crippen LogP contribution is 2.43. The molecule has 2 atom stereocenters. The molecule has 13 heteroatoms. The summed E-state index contributed by atoms with van der Waals surface area (Å²) in [5, 5.41) is 22.0. The first kappa shape index (κ1) is 26.6. The SMILES string of the molecule is COCc1c(F)cc(B(O)O)cc1N1CC[C@]2(C[C@@H]1C)N=C(c1ccc(C(F)(F)F)nc1C1CC1)NC2=O. The molecule has 1 saturated heterocycles. The average Bonchev–Trinajstić information content (AvgIpc) is 3.65. The zero-order chi connectivity index (χ0) is 27.4. The molecule has 1 aromatic heterocycles. The fraction of sp³-hybridized carbons (Fsp3) is 0.480. The number of amidine groups is 1. The Kier molecular flexibility index (Phi) is 6.73. The van der Waals surface area contributed by atoms with Crippen LogP contribution < -0.4 is 15.7 Å². The Bertz CT molecular complexity index is 1300. The topological polar surface area (TPSA) is 107 Å². The summed E-state index contributed by atoms with van der Waals surface area (Å²) in [5.74, 6) is -0.868. The van der Waals surface area contributed by atoms with Crippen molar-refractivity contribution in [3.05, 3.63) is 52.6 Å². The number of nitrogens with zero attached hydrogens (tertiary/aromatic N) is 3. The van der Waals surface area contributed by atoms with E-state index in [9.17, 15) is 32.4 Å². The highest BCUT2D eigenvalue weighted by molar-refractivity contribution is 6.58. The quantitative estimate of drug-likeness (QED) is 0.388. The summed E-state index contributed by atoms with van der Waals surface area (Å²) in [6.07, 6.45) is -2.60. The van der Waals surface area contributed by atoms with E-state index in [-0.39, 0.29) is 54.2 Å². The second-order valence-corrected chi connectivity index (χ2v) is 10.2. The second-order valence-electron chi connectivity index (χ2n) is 10.2. The lowest BCUT2D eigenvalue weighted by atomic mass is 9.78. The normalized spacial score (nSPS) is 23.6. The van der Waals surface area contributed by atoms with Crippen molar-refractivity contribution in [1.29, 1.82) is 0 Å². The van der Waals surface area contributed by atoms with Crippen LogP contribution in [0.4, 0.5) is 23.2 Å². The minimum atomic E-state index is -4.57. The maximum absolute atomic E-state index is 14.9. The van der Waals surface area contributed by atoms with E-state index < -0.39 is 30.3 Å². The van der Waals surface area contributed by atoms with Crippen molar-refractivity contribution in [3.63, 3.8) is 0 Å². The predicted octanol–water partition coefficient (Wildman–Crippen LogP) is 2.25. The van der Waals surface area contributed by atoms with Crippen molar-refractivity contribution in [3.8, 4) is 0 Å². The van der Waals surface area contributed by atoms with Crippen LogP contribution in [0.25, 0.3) is 0 Å². The van der Waals surface area contributed by atoms with Crippen molar-refractivity contribution in [2.75, 3.05) is 18.6 Å². The van der Waals surface area contributed by atoms with Gasteiger partial charge in [-0.15, -0.1) is 0 Å². The lowest BCUT2D eigenvalue weighted by Gasteiger charge is -2.42. The Morgan fingerprint density at radius 1 is 1.26 bits per heavy atom. The van der Waals surface area contributed by atoms with E-state index in [0.29, 0.717) is 23.5 Å². The van der Waals surface area contributed by atoms with Gasteiger partial charge in [-0.2, -0.15) is 13.2 Å². The summed E-state index contributed by atoms with van der Waals surface area (Å²) >= 11 is 0. The largest absolute Gasteiger partial charge is 0.488 e. The zero-order valence-electron chi connectivity index (χ0n) is 20.8. The van der Waals surface area contributed by atoms with Crippen molar-refractivity contribution in [2.24, 2.45) is 4.99 Å². The minimum absolute atomic E-state index is 0.00818. The summed E-state index contributed by atoms with van der Waals surface area (Å²) < 4.78 is 59.8. The number of pyridine rings is 1. The molecule has 1 amide bonds. The van der Waals surface area contributed by atoms with Crippen LogP contribution in [0.1, 0.15) is 61.0 Å². The molecule has 2 aromatic rings. The van der Waals surface area contributed by atoms with Crippen molar-refractivity contribution < 1.29 is 37.1 Å². The van der Waals surface area contributed by atoms with Gasteiger partial charge >= 0.3 is 13.3 Å². The standard InChI is InChI=1S/C25H27BF4N4O4/c1-13-11-24(7-8-34(13)19-10-15(26(36)37)9-18(27)17(19)12-38-2)23(35)32-22(33-24)16-5-6-20(25(28,29)30)31-21(16)14-3-4-14/h5-6,9-10,13-14,36-37H,3-4,7-8,11-12H2,1-2H3,(H,32,33,35)/t13-,24+/m0/s1. The Morgan fingerprint density at radius 2 is 2.00 bits per heavy atom. The third-order valence-corrected chi connectivity index (χ3v) is 7.44. The van der Waals surface area contributed by atoms with Crippen LogP contribution in [0.5, 0.6) is 0 Å². The molecule has 1 spiro atoms. The highest BCUT2D eigenvalue weighted by Gasteiger charge is 2.49. The Labute approximate surface area is 216 Å². The van der Waals surface area contributed by atoms with E-state index in [1.54, 1.807) is 0 Å². The van der Waals surface area contributed by atoms with Gasteiger partial charge in [0.1, 0.15) is 22.9 Å². The molecule has 3 N–H and O–H groups in total. The number of halogens is 4. The summed E-state index contributed by atoms with van der Waals surface area (Å²) in [6.45, 7) is 2.12. The lowest BCUT2D eigenvalue weighted by molar-refractivity contribution is -0.141. The molecule has 2 aliphatic heterocycles. The Morgan fingerprint density at radius 3 is 2.61 bits per heavy atom. The molecule has 38 heavy (non-hydrogen) atoms. The number of nitrogens with one attached hydrogen (secondary N) is 1. The van der Waals surface area contributed by atoms with Crippen LogP contribution in [0.3, 0.4) is 0 Å². The number of carbonyl (C=O) groups excluding carboxylic acids is 1. The van der Waals surface area contributed by atoms with E-state index in [0.717, 1.165) is 25.0 Å². The molecule has 0 radical (unpaired) electrons.